The maximum atomic E-state index is 12.5. The normalized spacial score (nSPS) is 17.5. The number of aromatic nitrogens is 3. The number of likely N-dealkylation sites (tertiary alicyclic amines) is 1. The first-order valence-corrected chi connectivity index (χ1v) is 10.3. The highest BCUT2D eigenvalue weighted by Gasteiger charge is 2.25. The average Bonchev–Trinajstić information content (AvgIpc) is 3.05. The summed E-state index contributed by atoms with van der Waals surface area (Å²) < 4.78 is 7.10. The van der Waals surface area contributed by atoms with Crippen LogP contribution >= 0.6 is 0 Å². The van der Waals surface area contributed by atoms with Crippen molar-refractivity contribution in [2.24, 2.45) is 0 Å². The van der Waals surface area contributed by atoms with Gasteiger partial charge in [-0.1, -0.05) is 5.16 Å². The predicted octanol–water partition coefficient (Wildman–Crippen LogP) is 2.50. The van der Waals surface area contributed by atoms with E-state index in [1.807, 2.05) is 44.2 Å². The Bertz CT molecular complexity index is 879. The molecule has 2 amide bonds. The molecule has 0 aliphatic carbocycles. The summed E-state index contributed by atoms with van der Waals surface area (Å²) in [7, 11) is 0. The molecule has 1 unspecified atom stereocenters. The van der Waals surface area contributed by atoms with Crippen LogP contribution in [0.25, 0.3) is 0 Å². The number of aryl methyl sites for hydroxylation is 4. The molecule has 3 rings (SSSR count). The second-order valence-electron chi connectivity index (χ2n) is 7.98. The number of amides is 2. The van der Waals surface area contributed by atoms with Gasteiger partial charge in [-0.3, -0.25) is 14.3 Å². The molecule has 0 aromatic carbocycles. The van der Waals surface area contributed by atoms with Crippen molar-refractivity contribution >= 4 is 11.8 Å². The quantitative estimate of drug-likeness (QED) is 0.803. The van der Waals surface area contributed by atoms with E-state index in [4.69, 9.17) is 4.52 Å². The van der Waals surface area contributed by atoms with Crippen molar-refractivity contribution in [3.63, 3.8) is 0 Å². The predicted molar refractivity (Wildman–Crippen MR) is 108 cm³/mol. The second-order valence-corrected chi connectivity index (χ2v) is 7.98. The molecule has 158 valence electrons. The van der Waals surface area contributed by atoms with Crippen LogP contribution < -0.4 is 5.32 Å². The lowest BCUT2D eigenvalue weighted by Gasteiger charge is -2.21. The maximum Gasteiger partial charge on any atom is 0.222 e. The zero-order valence-electron chi connectivity index (χ0n) is 18.0. The topological polar surface area (TPSA) is 93.3 Å². The third-order valence-corrected chi connectivity index (χ3v) is 6.00. The lowest BCUT2D eigenvalue weighted by Crippen LogP contribution is -2.36. The molecule has 0 spiro atoms. The first kappa shape index (κ1) is 21.1. The van der Waals surface area contributed by atoms with Gasteiger partial charge in [0.1, 0.15) is 5.76 Å². The van der Waals surface area contributed by atoms with Crippen LogP contribution in [0.3, 0.4) is 0 Å². The van der Waals surface area contributed by atoms with Crippen molar-refractivity contribution < 1.29 is 14.1 Å². The van der Waals surface area contributed by atoms with Crippen LogP contribution in [-0.2, 0) is 22.7 Å². The van der Waals surface area contributed by atoms with Crippen LogP contribution in [0.2, 0.25) is 0 Å². The van der Waals surface area contributed by atoms with Gasteiger partial charge < -0.3 is 14.7 Å². The smallest absolute Gasteiger partial charge is 0.222 e. The zero-order chi connectivity index (χ0) is 21.1. The van der Waals surface area contributed by atoms with Gasteiger partial charge in [-0.25, -0.2) is 0 Å². The van der Waals surface area contributed by atoms with E-state index in [1.54, 1.807) is 0 Å². The molecular weight excluding hydrogens is 370 g/mol. The minimum absolute atomic E-state index is 0.00632. The molecule has 1 fully saturated rings. The standard InChI is InChI=1S/C21H31N5O3/c1-13-14(2)23-26(16(13)4)11-9-20(27)22-18-6-7-21(28)25(10-8-18)12-19-15(3)24-29-17(19)5/h18H,6-12H2,1-5H3,(H,22,27). The number of rotatable bonds is 6. The van der Waals surface area contributed by atoms with Gasteiger partial charge in [-0.05, 0) is 53.0 Å². The number of carbonyl (C=O) groups is 2. The van der Waals surface area contributed by atoms with E-state index in [0.29, 0.717) is 38.9 Å². The summed E-state index contributed by atoms with van der Waals surface area (Å²) in [5.41, 5.74) is 5.07. The molecular formula is C21H31N5O3. The van der Waals surface area contributed by atoms with E-state index in [9.17, 15) is 9.59 Å². The average molecular weight is 402 g/mol. The summed E-state index contributed by atoms with van der Waals surface area (Å²) in [5, 5.41) is 11.6. The summed E-state index contributed by atoms with van der Waals surface area (Å²) >= 11 is 0. The molecule has 2 aromatic rings. The van der Waals surface area contributed by atoms with Crippen molar-refractivity contribution in [2.45, 2.75) is 79.4 Å². The van der Waals surface area contributed by atoms with Gasteiger partial charge in [-0.2, -0.15) is 5.10 Å². The van der Waals surface area contributed by atoms with Gasteiger partial charge >= 0.3 is 0 Å². The highest BCUT2D eigenvalue weighted by Crippen LogP contribution is 2.19. The molecule has 0 saturated carbocycles. The molecule has 1 aliphatic heterocycles. The van der Waals surface area contributed by atoms with Crippen molar-refractivity contribution in [1.29, 1.82) is 0 Å². The Hall–Kier alpha value is -2.64. The van der Waals surface area contributed by atoms with E-state index < -0.39 is 0 Å². The van der Waals surface area contributed by atoms with Crippen LogP contribution in [0, 0.1) is 34.6 Å². The summed E-state index contributed by atoms with van der Waals surface area (Å²) in [6, 6.07) is 0.0170. The minimum atomic E-state index is 0.00632. The Morgan fingerprint density at radius 2 is 1.93 bits per heavy atom. The lowest BCUT2D eigenvalue weighted by atomic mass is 10.1. The van der Waals surface area contributed by atoms with Crippen molar-refractivity contribution in [3.8, 4) is 0 Å². The van der Waals surface area contributed by atoms with Crippen LogP contribution in [-0.4, -0.2) is 44.2 Å². The largest absolute Gasteiger partial charge is 0.361 e. The van der Waals surface area contributed by atoms with Gasteiger partial charge in [0.15, 0.2) is 0 Å². The van der Waals surface area contributed by atoms with Crippen LogP contribution in [0.15, 0.2) is 4.52 Å². The van der Waals surface area contributed by atoms with Gasteiger partial charge in [0.05, 0.1) is 17.9 Å². The number of nitrogens with zero attached hydrogens (tertiary/aromatic N) is 4. The zero-order valence-corrected chi connectivity index (χ0v) is 18.0. The fourth-order valence-corrected chi connectivity index (χ4v) is 3.78. The number of hydrogen-bond donors (Lipinski definition) is 1. The fraction of sp³-hybridized carbons (Fsp3) is 0.619. The fourth-order valence-electron chi connectivity index (χ4n) is 3.78. The molecule has 8 nitrogen and oxygen atoms in total. The van der Waals surface area contributed by atoms with E-state index in [2.05, 4.69) is 15.6 Å². The van der Waals surface area contributed by atoms with Gasteiger partial charge in [0, 0.05) is 43.2 Å². The van der Waals surface area contributed by atoms with Crippen LogP contribution in [0.1, 0.15) is 59.7 Å². The van der Waals surface area contributed by atoms with Crippen molar-refractivity contribution in [3.05, 3.63) is 34.0 Å². The molecule has 2 aromatic heterocycles. The summed E-state index contributed by atoms with van der Waals surface area (Å²) in [4.78, 5) is 26.8. The van der Waals surface area contributed by atoms with Crippen molar-refractivity contribution in [1.82, 2.24) is 25.2 Å². The molecule has 0 radical (unpaired) electrons. The number of carbonyl (C=O) groups excluding carboxylic acids is 2. The first-order chi connectivity index (χ1) is 13.8. The van der Waals surface area contributed by atoms with Crippen molar-refractivity contribution in [2.75, 3.05) is 6.54 Å². The summed E-state index contributed by atoms with van der Waals surface area (Å²) in [6.45, 7) is 11.5. The molecule has 29 heavy (non-hydrogen) atoms. The molecule has 1 atom stereocenters. The Balaban J connectivity index is 1.51. The highest BCUT2D eigenvalue weighted by molar-refractivity contribution is 5.78. The first-order valence-electron chi connectivity index (χ1n) is 10.3. The van der Waals surface area contributed by atoms with Crippen LogP contribution in [0.4, 0.5) is 0 Å². The van der Waals surface area contributed by atoms with Gasteiger partial charge in [0.25, 0.3) is 0 Å². The summed E-state index contributed by atoms with van der Waals surface area (Å²) in [5.74, 6) is 0.871. The van der Waals surface area contributed by atoms with Gasteiger partial charge in [0.2, 0.25) is 11.8 Å². The Morgan fingerprint density at radius 3 is 2.55 bits per heavy atom. The molecule has 3 heterocycles. The molecule has 1 saturated heterocycles. The Labute approximate surface area is 171 Å². The van der Waals surface area contributed by atoms with E-state index in [1.165, 1.54) is 5.56 Å². The lowest BCUT2D eigenvalue weighted by molar-refractivity contribution is -0.131. The SMILES string of the molecule is Cc1nn(CCC(=O)NC2CCC(=O)N(Cc3c(C)noc3C)CC2)c(C)c1C. The monoisotopic (exact) mass is 401 g/mol. The number of nitrogens with one attached hydrogen (secondary N) is 1. The molecule has 8 heteroatoms. The second kappa shape index (κ2) is 8.80. The maximum absolute atomic E-state index is 12.5. The summed E-state index contributed by atoms with van der Waals surface area (Å²) in [6.07, 6.45) is 2.24. The third-order valence-electron chi connectivity index (χ3n) is 6.00. The van der Waals surface area contributed by atoms with Crippen LogP contribution in [0.5, 0.6) is 0 Å². The molecule has 1 N–H and O–H groups in total. The highest BCUT2D eigenvalue weighted by atomic mass is 16.5. The van der Waals surface area contributed by atoms with Gasteiger partial charge in [-0.15, -0.1) is 0 Å². The Kier molecular flexibility index (Phi) is 6.39. The van der Waals surface area contributed by atoms with E-state index >= 15 is 0 Å². The Morgan fingerprint density at radius 1 is 1.17 bits per heavy atom. The minimum Gasteiger partial charge on any atom is -0.361 e. The number of hydrogen-bond acceptors (Lipinski definition) is 5. The molecule has 0 bridgehead atoms. The van der Waals surface area contributed by atoms with E-state index in [-0.39, 0.29) is 17.9 Å². The molecule has 1 aliphatic rings. The third kappa shape index (κ3) is 4.86. The van der Waals surface area contributed by atoms with E-state index in [0.717, 1.165) is 34.8 Å².